The molecule has 0 N–H and O–H groups in total. The highest BCUT2D eigenvalue weighted by molar-refractivity contribution is 5.94. The topological polar surface area (TPSA) is 38.8 Å². The molecule has 0 fully saturated rings. The van der Waals surface area contributed by atoms with Crippen LogP contribution in [0.3, 0.4) is 0 Å². The summed E-state index contributed by atoms with van der Waals surface area (Å²) in [6.07, 6.45) is 3.02. The van der Waals surface area contributed by atoms with Crippen molar-refractivity contribution in [3.63, 3.8) is 0 Å². The lowest BCUT2D eigenvalue weighted by molar-refractivity contribution is 0.0792. The first-order valence-corrected chi connectivity index (χ1v) is 7.79. The summed E-state index contributed by atoms with van der Waals surface area (Å²) in [4.78, 5) is 14.1. The van der Waals surface area contributed by atoms with Gasteiger partial charge < -0.3 is 14.4 Å². The molecule has 0 bridgehead atoms. The Labute approximate surface area is 128 Å². The van der Waals surface area contributed by atoms with Crippen LogP contribution in [0, 0.1) is 0 Å². The third kappa shape index (κ3) is 5.29. The summed E-state index contributed by atoms with van der Waals surface area (Å²) in [6, 6.07) is 5.40. The first kappa shape index (κ1) is 17.3. The first-order chi connectivity index (χ1) is 10.1. The molecule has 1 aromatic carbocycles. The molecule has 21 heavy (non-hydrogen) atoms. The van der Waals surface area contributed by atoms with E-state index in [9.17, 15) is 4.79 Å². The third-order valence-corrected chi connectivity index (χ3v) is 3.15. The average molecular weight is 293 g/mol. The third-order valence-electron chi connectivity index (χ3n) is 3.15. The molecule has 0 aliphatic carbocycles. The summed E-state index contributed by atoms with van der Waals surface area (Å²) >= 11 is 0. The van der Waals surface area contributed by atoms with Crippen molar-refractivity contribution in [1.29, 1.82) is 0 Å². The number of hydrogen-bond donors (Lipinski definition) is 0. The maximum Gasteiger partial charge on any atom is 0.253 e. The molecular weight excluding hydrogens is 266 g/mol. The van der Waals surface area contributed by atoms with Crippen molar-refractivity contribution in [3.8, 4) is 11.5 Å². The lowest BCUT2D eigenvalue weighted by Gasteiger charge is -2.18. The van der Waals surface area contributed by atoms with E-state index in [1.54, 1.807) is 17.0 Å². The monoisotopic (exact) mass is 293 g/mol. The lowest BCUT2D eigenvalue weighted by atomic mass is 10.1. The van der Waals surface area contributed by atoms with Crippen molar-refractivity contribution >= 4 is 5.91 Å². The second-order valence-corrected chi connectivity index (χ2v) is 5.02. The van der Waals surface area contributed by atoms with E-state index >= 15 is 0 Å². The molecule has 0 aliphatic rings. The van der Waals surface area contributed by atoms with Crippen molar-refractivity contribution in [1.82, 2.24) is 4.90 Å². The molecule has 1 rings (SSSR count). The number of benzene rings is 1. The Bertz CT molecular complexity index is 446. The molecule has 0 spiro atoms. The van der Waals surface area contributed by atoms with Gasteiger partial charge >= 0.3 is 0 Å². The SMILES string of the molecule is CCCCN(C)C(=O)c1ccc(OCCC)c(OCC)c1. The molecule has 0 heterocycles. The predicted molar refractivity (Wildman–Crippen MR) is 85.3 cm³/mol. The number of amides is 1. The van der Waals surface area contributed by atoms with Gasteiger partial charge in [0, 0.05) is 19.2 Å². The number of nitrogens with zero attached hydrogens (tertiary/aromatic N) is 1. The Morgan fingerprint density at radius 2 is 1.86 bits per heavy atom. The quantitative estimate of drug-likeness (QED) is 0.696. The van der Waals surface area contributed by atoms with Crippen LogP contribution in [0.25, 0.3) is 0 Å². The van der Waals surface area contributed by atoms with Crippen molar-refractivity contribution in [2.24, 2.45) is 0 Å². The number of carbonyl (C=O) groups is 1. The highest BCUT2D eigenvalue weighted by Crippen LogP contribution is 2.29. The number of rotatable bonds is 9. The van der Waals surface area contributed by atoms with Gasteiger partial charge in [0.05, 0.1) is 13.2 Å². The molecule has 1 amide bonds. The van der Waals surface area contributed by atoms with Gasteiger partial charge in [0.1, 0.15) is 0 Å². The van der Waals surface area contributed by atoms with E-state index in [1.807, 2.05) is 20.0 Å². The molecular formula is C17H27NO3. The minimum Gasteiger partial charge on any atom is -0.490 e. The second kappa shape index (κ2) is 9.27. The Balaban J connectivity index is 2.88. The highest BCUT2D eigenvalue weighted by atomic mass is 16.5. The molecule has 0 aromatic heterocycles. The van der Waals surface area contributed by atoms with E-state index < -0.39 is 0 Å². The molecule has 0 atom stereocenters. The first-order valence-electron chi connectivity index (χ1n) is 7.79. The molecule has 0 saturated heterocycles. The Kier molecular flexibility index (Phi) is 7.65. The van der Waals surface area contributed by atoms with Crippen molar-refractivity contribution in [3.05, 3.63) is 23.8 Å². The predicted octanol–water partition coefficient (Wildman–Crippen LogP) is 3.75. The van der Waals surface area contributed by atoms with Crippen LogP contribution >= 0.6 is 0 Å². The molecule has 0 saturated carbocycles. The Hall–Kier alpha value is -1.71. The van der Waals surface area contributed by atoms with Gasteiger partial charge in [-0.25, -0.2) is 0 Å². The fraction of sp³-hybridized carbons (Fsp3) is 0.588. The van der Waals surface area contributed by atoms with Crippen molar-refractivity contribution < 1.29 is 14.3 Å². The molecule has 4 heteroatoms. The van der Waals surface area contributed by atoms with Gasteiger partial charge in [0.2, 0.25) is 0 Å². The normalized spacial score (nSPS) is 10.3. The molecule has 118 valence electrons. The second-order valence-electron chi connectivity index (χ2n) is 5.02. The van der Waals surface area contributed by atoms with Crippen LogP contribution in [-0.2, 0) is 0 Å². The summed E-state index contributed by atoms with van der Waals surface area (Å²) < 4.78 is 11.2. The number of unbranched alkanes of at least 4 members (excludes halogenated alkanes) is 1. The minimum absolute atomic E-state index is 0.0199. The Morgan fingerprint density at radius 1 is 1.10 bits per heavy atom. The van der Waals surface area contributed by atoms with Gasteiger partial charge in [-0.05, 0) is 38.0 Å². The van der Waals surface area contributed by atoms with E-state index in [-0.39, 0.29) is 5.91 Å². The van der Waals surface area contributed by atoms with Crippen LogP contribution in [0.2, 0.25) is 0 Å². The maximum atomic E-state index is 12.4. The number of hydrogen-bond acceptors (Lipinski definition) is 3. The van der Waals surface area contributed by atoms with Gasteiger partial charge in [-0.1, -0.05) is 20.3 Å². The minimum atomic E-state index is 0.0199. The van der Waals surface area contributed by atoms with Gasteiger partial charge in [0.25, 0.3) is 5.91 Å². The van der Waals surface area contributed by atoms with Crippen LogP contribution in [0.15, 0.2) is 18.2 Å². The zero-order valence-electron chi connectivity index (χ0n) is 13.6. The van der Waals surface area contributed by atoms with Gasteiger partial charge in [-0.3, -0.25) is 4.79 Å². The molecule has 1 aromatic rings. The standard InChI is InChI=1S/C17H27NO3/c1-5-8-11-18(4)17(19)14-9-10-15(21-12-6-2)16(13-14)20-7-3/h9-10,13H,5-8,11-12H2,1-4H3. The number of carbonyl (C=O) groups excluding carboxylic acids is 1. The van der Waals surface area contributed by atoms with Crippen LogP contribution < -0.4 is 9.47 Å². The van der Waals surface area contributed by atoms with Crippen molar-refractivity contribution in [2.75, 3.05) is 26.8 Å². The van der Waals surface area contributed by atoms with Crippen molar-refractivity contribution in [2.45, 2.75) is 40.0 Å². The van der Waals surface area contributed by atoms with Gasteiger partial charge in [0.15, 0.2) is 11.5 Å². The van der Waals surface area contributed by atoms with E-state index in [2.05, 4.69) is 13.8 Å². The summed E-state index contributed by atoms with van der Waals surface area (Å²) in [6.45, 7) is 8.06. The van der Waals surface area contributed by atoms with E-state index in [1.165, 1.54) is 0 Å². The molecule has 0 radical (unpaired) electrons. The van der Waals surface area contributed by atoms with Crippen LogP contribution in [-0.4, -0.2) is 37.6 Å². The number of ether oxygens (including phenoxy) is 2. The van der Waals surface area contributed by atoms with Crippen LogP contribution in [0.5, 0.6) is 11.5 Å². The largest absolute Gasteiger partial charge is 0.490 e. The van der Waals surface area contributed by atoms with Crippen LogP contribution in [0.1, 0.15) is 50.4 Å². The Morgan fingerprint density at radius 3 is 2.48 bits per heavy atom. The van der Waals surface area contributed by atoms with E-state index in [0.717, 1.165) is 25.8 Å². The van der Waals surface area contributed by atoms with Gasteiger partial charge in [-0.15, -0.1) is 0 Å². The summed E-state index contributed by atoms with van der Waals surface area (Å²) in [7, 11) is 1.83. The maximum absolute atomic E-state index is 12.4. The fourth-order valence-corrected chi connectivity index (χ4v) is 1.96. The molecule has 0 aliphatic heterocycles. The fourth-order valence-electron chi connectivity index (χ4n) is 1.96. The zero-order chi connectivity index (χ0) is 15.7. The lowest BCUT2D eigenvalue weighted by Crippen LogP contribution is -2.27. The summed E-state index contributed by atoms with van der Waals surface area (Å²) in [5, 5.41) is 0. The van der Waals surface area contributed by atoms with Gasteiger partial charge in [-0.2, -0.15) is 0 Å². The average Bonchev–Trinajstić information content (AvgIpc) is 2.50. The smallest absolute Gasteiger partial charge is 0.253 e. The molecule has 0 unspecified atom stereocenters. The molecule has 4 nitrogen and oxygen atoms in total. The highest BCUT2D eigenvalue weighted by Gasteiger charge is 2.14. The van der Waals surface area contributed by atoms with Crippen LogP contribution in [0.4, 0.5) is 0 Å². The van der Waals surface area contributed by atoms with E-state index in [4.69, 9.17) is 9.47 Å². The zero-order valence-corrected chi connectivity index (χ0v) is 13.6. The summed E-state index contributed by atoms with van der Waals surface area (Å²) in [5.74, 6) is 1.36. The summed E-state index contributed by atoms with van der Waals surface area (Å²) in [5.41, 5.74) is 0.640. The van der Waals surface area contributed by atoms with E-state index in [0.29, 0.717) is 30.3 Å².